The van der Waals surface area contributed by atoms with Crippen molar-refractivity contribution in [1.82, 2.24) is 5.32 Å². The topological polar surface area (TPSA) is 67.4 Å². The first-order valence-electron chi connectivity index (χ1n) is 7.47. The Hall–Kier alpha value is -2.53. The molecule has 0 spiro atoms. The first kappa shape index (κ1) is 17.8. The lowest BCUT2D eigenvalue weighted by Gasteiger charge is -2.12. The summed E-state index contributed by atoms with van der Waals surface area (Å²) in [5.41, 5.74) is 2.44. The number of hydrogen-bond donors (Lipinski definition) is 2. The number of para-hydroxylation sites is 1. The number of nitrogens with one attached hydrogen (secondary N) is 2. The molecule has 0 fully saturated rings. The molecule has 2 rings (SSSR count). The molecule has 2 N–H and O–H groups in total. The molecule has 0 saturated carbocycles. The second-order valence-electron chi connectivity index (χ2n) is 5.37. The van der Waals surface area contributed by atoms with Crippen LogP contribution in [0, 0.1) is 13.8 Å². The molecule has 126 valence electrons. The zero-order chi connectivity index (χ0) is 17.5. The fourth-order valence-corrected chi connectivity index (χ4v) is 2.52. The van der Waals surface area contributed by atoms with Crippen molar-refractivity contribution in [3.05, 3.63) is 58.6 Å². The van der Waals surface area contributed by atoms with E-state index in [1.807, 2.05) is 38.1 Å². The molecule has 2 aromatic carbocycles. The lowest BCUT2D eigenvalue weighted by atomic mass is 10.1. The molecule has 0 atom stereocenters. The van der Waals surface area contributed by atoms with Gasteiger partial charge in [-0.25, -0.2) is 0 Å². The molecule has 0 aliphatic heterocycles. The first-order chi connectivity index (χ1) is 11.5. The van der Waals surface area contributed by atoms with Gasteiger partial charge in [-0.05, 0) is 43.2 Å². The third kappa shape index (κ3) is 5.28. The molecule has 0 bridgehead atoms. The van der Waals surface area contributed by atoms with Crippen molar-refractivity contribution in [3.8, 4) is 5.75 Å². The van der Waals surface area contributed by atoms with E-state index in [2.05, 4.69) is 10.6 Å². The molecular weight excluding hydrogens is 328 g/mol. The molecule has 0 radical (unpaired) electrons. The molecule has 0 aliphatic carbocycles. The van der Waals surface area contributed by atoms with Gasteiger partial charge in [-0.2, -0.15) is 0 Å². The zero-order valence-electron chi connectivity index (χ0n) is 13.6. The van der Waals surface area contributed by atoms with Crippen molar-refractivity contribution < 1.29 is 14.3 Å². The Kier molecular flexibility index (Phi) is 6.21. The number of rotatable bonds is 6. The van der Waals surface area contributed by atoms with Crippen LogP contribution >= 0.6 is 11.6 Å². The predicted octanol–water partition coefficient (Wildman–Crippen LogP) is 3.09. The van der Waals surface area contributed by atoms with Gasteiger partial charge in [-0.3, -0.25) is 9.59 Å². The Labute approximate surface area is 146 Å². The van der Waals surface area contributed by atoms with E-state index in [9.17, 15) is 9.59 Å². The van der Waals surface area contributed by atoms with Crippen LogP contribution in [-0.4, -0.2) is 25.0 Å². The van der Waals surface area contributed by atoms with Crippen LogP contribution in [0.2, 0.25) is 5.02 Å². The van der Waals surface area contributed by atoms with Crippen LogP contribution in [0.3, 0.4) is 0 Å². The Morgan fingerprint density at radius 2 is 1.79 bits per heavy atom. The van der Waals surface area contributed by atoms with Gasteiger partial charge in [-0.15, -0.1) is 0 Å². The summed E-state index contributed by atoms with van der Waals surface area (Å²) in [4.78, 5) is 23.7. The molecule has 5 nitrogen and oxygen atoms in total. The fraction of sp³-hybridized carbons (Fsp3) is 0.222. The van der Waals surface area contributed by atoms with Crippen LogP contribution in [0.4, 0.5) is 5.69 Å². The minimum absolute atomic E-state index is 0.151. The molecule has 24 heavy (non-hydrogen) atoms. The van der Waals surface area contributed by atoms with Crippen LogP contribution in [0.15, 0.2) is 42.5 Å². The van der Waals surface area contributed by atoms with Crippen molar-refractivity contribution in [2.75, 3.05) is 18.5 Å². The van der Waals surface area contributed by atoms with Crippen LogP contribution in [-0.2, 0) is 9.59 Å². The van der Waals surface area contributed by atoms with E-state index in [1.54, 1.807) is 18.2 Å². The largest absolute Gasteiger partial charge is 0.484 e. The maximum Gasteiger partial charge on any atom is 0.258 e. The van der Waals surface area contributed by atoms with Crippen molar-refractivity contribution in [2.45, 2.75) is 13.8 Å². The summed E-state index contributed by atoms with van der Waals surface area (Å²) in [7, 11) is 0. The summed E-state index contributed by atoms with van der Waals surface area (Å²) in [6, 6.07) is 12.7. The number of anilines is 1. The van der Waals surface area contributed by atoms with Crippen molar-refractivity contribution in [1.29, 1.82) is 0 Å². The second kappa shape index (κ2) is 8.36. The van der Waals surface area contributed by atoms with E-state index >= 15 is 0 Å². The monoisotopic (exact) mass is 346 g/mol. The number of hydrogen-bond acceptors (Lipinski definition) is 3. The van der Waals surface area contributed by atoms with E-state index in [4.69, 9.17) is 16.3 Å². The SMILES string of the molecule is Cc1cc(C)c(NC(=O)CNC(=O)COc2ccccc2)c(Cl)c1. The maximum atomic E-state index is 12.0. The van der Waals surface area contributed by atoms with E-state index in [1.165, 1.54) is 0 Å². The highest BCUT2D eigenvalue weighted by molar-refractivity contribution is 6.34. The highest BCUT2D eigenvalue weighted by atomic mass is 35.5. The molecule has 0 aromatic heterocycles. The summed E-state index contributed by atoms with van der Waals surface area (Å²) in [5, 5.41) is 5.68. The molecule has 6 heteroatoms. The van der Waals surface area contributed by atoms with Crippen LogP contribution in [0.1, 0.15) is 11.1 Å². The molecule has 2 amide bonds. The van der Waals surface area contributed by atoms with E-state index < -0.39 is 0 Å². The van der Waals surface area contributed by atoms with Crippen LogP contribution < -0.4 is 15.4 Å². The summed E-state index contributed by atoms with van der Waals surface area (Å²) >= 11 is 6.14. The minimum Gasteiger partial charge on any atom is -0.484 e. The number of amides is 2. The van der Waals surface area contributed by atoms with E-state index in [-0.39, 0.29) is 25.0 Å². The molecule has 0 unspecified atom stereocenters. The number of carbonyl (C=O) groups is 2. The van der Waals surface area contributed by atoms with Crippen molar-refractivity contribution in [3.63, 3.8) is 0 Å². The van der Waals surface area contributed by atoms with Gasteiger partial charge in [0, 0.05) is 0 Å². The lowest BCUT2D eigenvalue weighted by molar-refractivity contribution is -0.125. The molecule has 0 aliphatic rings. The van der Waals surface area contributed by atoms with E-state index in [0.29, 0.717) is 16.5 Å². The van der Waals surface area contributed by atoms with Gasteiger partial charge in [0.15, 0.2) is 6.61 Å². The predicted molar refractivity (Wildman–Crippen MR) is 94.5 cm³/mol. The number of aryl methyl sites for hydroxylation is 2. The summed E-state index contributed by atoms with van der Waals surface area (Å²) in [6.45, 7) is 3.49. The number of halogens is 1. The van der Waals surface area contributed by atoms with E-state index in [0.717, 1.165) is 11.1 Å². The Bertz CT molecular complexity index is 709. The Morgan fingerprint density at radius 3 is 2.46 bits per heavy atom. The highest BCUT2D eigenvalue weighted by Gasteiger charge is 2.11. The quantitative estimate of drug-likeness (QED) is 0.844. The molecule has 0 saturated heterocycles. The third-order valence-electron chi connectivity index (χ3n) is 3.26. The Balaban J connectivity index is 1.80. The number of ether oxygens (including phenoxy) is 1. The molecular formula is C18H19ClN2O3. The van der Waals surface area contributed by atoms with Crippen molar-refractivity contribution >= 4 is 29.1 Å². The summed E-state index contributed by atoms with van der Waals surface area (Å²) < 4.78 is 5.30. The standard InChI is InChI=1S/C18H19ClN2O3/c1-12-8-13(2)18(15(19)9-12)21-16(22)10-20-17(23)11-24-14-6-4-3-5-7-14/h3-9H,10-11H2,1-2H3,(H,20,23)(H,21,22). The van der Waals surface area contributed by atoms with Gasteiger partial charge in [0.2, 0.25) is 5.91 Å². The van der Waals surface area contributed by atoms with Gasteiger partial charge in [-0.1, -0.05) is 35.9 Å². The molecule has 2 aromatic rings. The molecule has 0 heterocycles. The van der Waals surface area contributed by atoms with Crippen molar-refractivity contribution in [2.24, 2.45) is 0 Å². The van der Waals surface area contributed by atoms with Crippen LogP contribution in [0.5, 0.6) is 5.75 Å². The number of benzene rings is 2. The van der Waals surface area contributed by atoms with Crippen LogP contribution in [0.25, 0.3) is 0 Å². The van der Waals surface area contributed by atoms with Gasteiger partial charge in [0.25, 0.3) is 5.91 Å². The second-order valence-corrected chi connectivity index (χ2v) is 5.77. The average molecular weight is 347 g/mol. The summed E-state index contributed by atoms with van der Waals surface area (Å²) in [5.74, 6) is -0.128. The van der Waals surface area contributed by atoms with Gasteiger partial charge in [0.05, 0.1) is 17.3 Å². The summed E-state index contributed by atoms with van der Waals surface area (Å²) in [6.07, 6.45) is 0. The van der Waals surface area contributed by atoms with Gasteiger partial charge in [0.1, 0.15) is 5.75 Å². The average Bonchev–Trinajstić information content (AvgIpc) is 2.55. The smallest absolute Gasteiger partial charge is 0.258 e. The lowest BCUT2D eigenvalue weighted by Crippen LogP contribution is -2.35. The first-order valence-corrected chi connectivity index (χ1v) is 7.84. The number of carbonyl (C=O) groups excluding carboxylic acids is 2. The highest BCUT2D eigenvalue weighted by Crippen LogP contribution is 2.27. The fourth-order valence-electron chi connectivity index (χ4n) is 2.15. The van der Waals surface area contributed by atoms with Gasteiger partial charge >= 0.3 is 0 Å². The minimum atomic E-state index is -0.374. The van der Waals surface area contributed by atoms with Gasteiger partial charge < -0.3 is 15.4 Å². The zero-order valence-corrected chi connectivity index (χ0v) is 14.3. The third-order valence-corrected chi connectivity index (χ3v) is 3.55. The maximum absolute atomic E-state index is 12.0. The normalized spacial score (nSPS) is 10.1. The Morgan fingerprint density at radius 1 is 1.08 bits per heavy atom.